The van der Waals surface area contributed by atoms with Crippen molar-refractivity contribution < 1.29 is 4.79 Å². The minimum Gasteiger partial charge on any atom is -0.339 e. The van der Waals surface area contributed by atoms with Crippen LogP contribution in [0.4, 0.5) is 0 Å². The highest BCUT2D eigenvalue weighted by molar-refractivity contribution is 5.98. The Balaban J connectivity index is 2.43. The lowest BCUT2D eigenvalue weighted by Crippen LogP contribution is -2.33. The molecule has 0 bridgehead atoms. The van der Waals surface area contributed by atoms with Crippen molar-refractivity contribution in [1.29, 1.82) is 0 Å². The summed E-state index contributed by atoms with van der Waals surface area (Å²) in [6, 6.07) is 2.19. The van der Waals surface area contributed by atoms with E-state index in [4.69, 9.17) is 0 Å². The second-order valence-corrected chi connectivity index (χ2v) is 6.01. The molecule has 2 rings (SSSR count). The van der Waals surface area contributed by atoms with E-state index in [2.05, 4.69) is 37.8 Å². The lowest BCUT2D eigenvalue weighted by molar-refractivity contribution is 0.0754. The summed E-state index contributed by atoms with van der Waals surface area (Å²) < 4.78 is 1.90. The molecule has 0 saturated carbocycles. The Kier molecular flexibility index (Phi) is 5.16. The summed E-state index contributed by atoms with van der Waals surface area (Å²) in [5.74, 6) is 0.0768. The van der Waals surface area contributed by atoms with Gasteiger partial charge < -0.3 is 4.90 Å². The van der Waals surface area contributed by atoms with Gasteiger partial charge in [0.15, 0.2) is 5.65 Å². The van der Waals surface area contributed by atoms with Crippen LogP contribution < -0.4 is 0 Å². The number of rotatable bonds is 6. The largest absolute Gasteiger partial charge is 0.339 e. The third-order valence-corrected chi connectivity index (χ3v) is 3.75. The lowest BCUT2D eigenvalue weighted by atomic mass is 10.1. The first-order valence-corrected chi connectivity index (χ1v) is 8.13. The molecule has 0 spiro atoms. The SMILES string of the molecule is CCCN(CCC)C(=O)c1cc2cnn(C(C)C)c2nc1C. The molecule has 22 heavy (non-hydrogen) atoms. The van der Waals surface area contributed by atoms with E-state index in [0.29, 0.717) is 5.56 Å². The van der Waals surface area contributed by atoms with Gasteiger partial charge in [0.05, 0.1) is 17.5 Å². The molecule has 120 valence electrons. The van der Waals surface area contributed by atoms with Crippen LogP contribution >= 0.6 is 0 Å². The van der Waals surface area contributed by atoms with Crippen LogP contribution in [0.25, 0.3) is 11.0 Å². The first-order chi connectivity index (χ1) is 10.5. The van der Waals surface area contributed by atoms with Crippen LogP contribution in [0.2, 0.25) is 0 Å². The molecule has 2 aromatic rings. The second kappa shape index (κ2) is 6.90. The molecular formula is C17H26N4O. The van der Waals surface area contributed by atoms with Gasteiger partial charge in [-0.1, -0.05) is 13.8 Å². The molecule has 0 saturated heterocycles. The minimum atomic E-state index is 0.0768. The summed E-state index contributed by atoms with van der Waals surface area (Å²) in [4.78, 5) is 19.3. The molecule has 0 fully saturated rings. The van der Waals surface area contributed by atoms with E-state index in [-0.39, 0.29) is 11.9 Å². The highest BCUT2D eigenvalue weighted by Crippen LogP contribution is 2.20. The van der Waals surface area contributed by atoms with Crippen molar-refractivity contribution >= 4 is 16.9 Å². The normalized spacial score (nSPS) is 11.4. The smallest absolute Gasteiger partial charge is 0.255 e. The second-order valence-electron chi connectivity index (χ2n) is 6.01. The van der Waals surface area contributed by atoms with E-state index >= 15 is 0 Å². The number of hydrogen-bond donors (Lipinski definition) is 0. The summed E-state index contributed by atoms with van der Waals surface area (Å²) in [5, 5.41) is 5.31. The average molecular weight is 302 g/mol. The molecule has 1 amide bonds. The maximum Gasteiger partial charge on any atom is 0.255 e. The lowest BCUT2D eigenvalue weighted by Gasteiger charge is -2.22. The number of carbonyl (C=O) groups excluding carboxylic acids is 1. The van der Waals surface area contributed by atoms with Crippen LogP contribution in [0.1, 0.15) is 62.6 Å². The van der Waals surface area contributed by atoms with Gasteiger partial charge >= 0.3 is 0 Å². The zero-order valence-corrected chi connectivity index (χ0v) is 14.3. The fourth-order valence-electron chi connectivity index (χ4n) is 2.69. The Labute approximate surface area is 132 Å². The molecule has 0 unspecified atom stereocenters. The number of fused-ring (bicyclic) bond motifs is 1. The number of amides is 1. The number of carbonyl (C=O) groups is 1. The molecule has 2 aromatic heterocycles. The number of hydrogen-bond acceptors (Lipinski definition) is 3. The number of aryl methyl sites for hydroxylation is 1. The highest BCUT2D eigenvalue weighted by atomic mass is 16.2. The monoisotopic (exact) mass is 302 g/mol. The topological polar surface area (TPSA) is 51.0 Å². The van der Waals surface area contributed by atoms with Crippen LogP contribution in [0.3, 0.4) is 0 Å². The van der Waals surface area contributed by atoms with Gasteiger partial charge in [0.2, 0.25) is 0 Å². The van der Waals surface area contributed by atoms with Gasteiger partial charge in [0, 0.05) is 24.5 Å². The van der Waals surface area contributed by atoms with Crippen molar-refractivity contribution in [1.82, 2.24) is 19.7 Å². The van der Waals surface area contributed by atoms with Gasteiger partial charge in [0.25, 0.3) is 5.91 Å². The van der Waals surface area contributed by atoms with Gasteiger partial charge in [-0.05, 0) is 39.7 Å². The van der Waals surface area contributed by atoms with Gasteiger partial charge in [0.1, 0.15) is 0 Å². The van der Waals surface area contributed by atoms with Crippen molar-refractivity contribution in [2.24, 2.45) is 0 Å². The van der Waals surface area contributed by atoms with E-state index < -0.39 is 0 Å². The third-order valence-electron chi connectivity index (χ3n) is 3.75. The Morgan fingerprint density at radius 1 is 1.27 bits per heavy atom. The Bertz CT molecular complexity index is 654. The van der Waals surface area contributed by atoms with Crippen LogP contribution in [-0.2, 0) is 0 Å². The zero-order chi connectivity index (χ0) is 16.3. The number of pyridine rings is 1. The van der Waals surface area contributed by atoms with Crippen molar-refractivity contribution in [2.75, 3.05) is 13.1 Å². The van der Waals surface area contributed by atoms with E-state index in [1.165, 1.54) is 0 Å². The van der Waals surface area contributed by atoms with Crippen molar-refractivity contribution in [3.8, 4) is 0 Å². The summed E-state index contributed by atoms with van der Waals surface area (Å²) in [6.07, 6.45) is 3.72. The molecule has 2 heterocycles. The summed E-state index contributed by atoms with van der Waals surface area (Å²) in [5.41, 5.74) is 2.32. The Hall–Kier alpha value is -1.91. The van der Waals surface area contributed by atoms with E-state index in [1.54, 1.807) is 6.20 Å². The average Bonchev–Trinajstić information content (AvgIpc) is 2.88. The maximum atomic E-state index is 12.8. The zero-order valence-electron chi connectivity index (χ0n) is 14.3. The van der Waals surface area contributed by atoms with Gasteiger partial charge in [-0.15, -0.1) is 0 Å². The van der Waals surface area contributed by atoms with E-state index in [0.717, 1.165) is 42.7 Å². The molecule has 0 N–H and O–H groups in total. The minimum absolute atomic E-state index is 0.0768. The first kappa shape index (κ1) is 16.5. The molecule has 0 aliphatic carbocycles. The summed E-state index contributed by atoms with van der Waals surface area (Å²) in [6.45, 7) is 11.8. The Morgan fingerprint density at radius 3 is 2.45 bits per heavy atom. The predicted molar refractivity (Wildman–Crippen MR) is 89.1 cm³/mol. The standard InChI is InChI=1S/C17H26N4O/c1-6-8-20(9-7-2)17(22)15-10-14-11-18-21(12(3)4)16(14)19-13(15)5/h10-12H,6-9H2,1-5H3. The number of nitrogens with zero attached hydrogens (tertiary/aromatic N) is 4. The van der Waals surface area contributed by atoms with Crippen molar-refractivity contribution in [3.63, 3.8) is 0 Å². The van der Waals surface area contributed by atoms with E-state index in [9.17, 15) is 4.79 Å². The Morgan fingerprint density at radius 2 is 1.91 bits per heavy atom. The van der Waals surface area contributed by atoms with Crippen LogP contribution in [0.5, 0.6) is 0 Å². The fraction of sp³-hybridized carbons (Fsp3) is 0.588. The van der Waals surface area contributed by atoms with Crippen LogP contribution in [0, 0.1) is 6.92 Å². The molecular weight excluding hydrogens is 276 g/mol. The van der Waals surface area contributed by atoms with Gasteiger partial charge in [-0.25, -0.2) is 9.67 Å². The van der Waals surface area contributed by atoms with E-state index in [1.807, 2.05) is 22.6 Å². The summed E-state index contributed by atoms with van der Waals surface area (Å²) in [7, 11) is 0. The molecule has 0 aromatic carbocycles. The fourth-order valence-corrected chi connectivity index (χ4v) is 2.69. The maximum absolute atomic E-state index is 12.8. The molecule has 0 radical (unpaired) electrons. The first-order valence-electron chi connectivity index (χ1n) is 8.13. The molecule has 0 aliphatic heterocycles. The molecule has 5 nitrogen and oxygen atoms in total. The van der Waals surface area contributed by atoms with Crippen molar-refractivity contribution in [3.05, 3.63) is 23.5 Å². The molecule has 0 aliphatic rings. The summed E-state index contributed by atoms with van der Waals surface area (Å²) >= 11 is 0. The van der Waals surface area contributed by atoms with Gasteiger partial charge in [-0.2, -0.15) is 5.10 Å². The quantitative estimate of drug-likeness (QED) is 0.819. The van der Waals surface area contributed by atoms with Gasteiger partial charge in [-0.3, -0.25) is 4.79 Å². The van der Waals surface area contributed by atoms with Crippen LogP contribution in [0.15, 0.2) is 12.3 Å². The molecule has 5 heteroatoms. The van der Waals surface area contributed by atoms with Crippen LogP contribution in [-0.4, -0.2) is 38.7 Å². The number of aromatic nitrogens is 3. The highest BCUT2D eigenvalue weighted by Gasteiger charge is 2.19. The molecule has 0 atom stereocenters. The predicted octanol–water partition coefficient (Wildman–Crippen LogP) is 3.58. The van der Waals surface area contributed by atoms with Crippen molar-refractivity contribution in [2.45, 2.75) is 53.5 Å². The third kappa shape index (κ3) is 3.13.